The molecule has 0 aromatic heterocycles. The quantitative estimate of drug-likeness (QED) is 0.826. The highest BCUT2D eigenvalue weighted by Crippen LogP contribution is 2.48. The van der Waals surface area contributed by atoms with Crippen LogP contribution in [0, 0.1) is 5.82 Å². The van der Waals surface area contributed by atoms with Crippen LogP contribution < -0.4 is 5.32 Å². The van der Waals surface area contributed by atoms with Gasteiger partial charge in [-0.05, 0) is 45.2 Å². The molecule has 0 aliphatic heterocycles. The summed E-state index contributed by atoms with van der Waals surface area (Å²) in [7, 11) is 0. The van der Waals surface area contributed by atoms with E-state index in [1.54, 1.807) is 12.1 Å². The first-order chi connectivity index (χ1) is 7.43. The van der Waals surface area contributed by atoms with E-state index < -0.39 is 0 Å². The Morgan fingerprint density at radius 3 is 2.38 bits per heavy atom. The van der Waals surface area contributed by atoms with Crippen LogP contribution in [0.2, 0.25) is 0 Å². The number of rotatable bonds is 3. The van der Waals surface area contributed by atoms with E-state index in [1.165, 1.54) is 0 Å². The van der Waals surface area contributed by atoms with Gasteiger partial charge in [0.15, 0.2) is 0 Å². The third-order valence-corrected chi connectivity index (χ3v) is 3.26. The Kier molecular flexibility index (Phi) is 2.79. The van der Waals surface area contributed by atoms with Crippen molar-refractivity contribution in [2.45, 2.75) is 44.6 Å². The van der Waals surface area contributed by atoms with Crippen LogP contribution in [0.5, 0.6) is 0 Å². The molecule has 1 aromatic carbocycles. The smallest absolute Gasteiger partial charge is 0.127 e. The summed E-state index contributed by atoms with van der Waals surface area (Å²) in [6.07, 6.45) is 2.19. The van der Waals surface area contributed by atoms with Crippen LogP contribution >= 0.6 is 0 Å². The van der Waals surface area contributed by atoms with Crippen molar-refractivity contribution in [3.63, 3.8) is 0 Å². The second kappa shape index (κ2) is 3.85. The first kappa shape index (κ1) is 11.6. The summed E-state index contributed by atoms with van der Waals surface area (Å²) in [6, 6.07) is 7.17. The van der Waals surface area contributed by atoms with E-state index >= 15 is 0 Å². The van der Waals surface area contributed by atoms with Crippen molar-refractivity contribution >= 4 is 0 Å². The molecule has 1 N–H and O–H groups in total. The molecule has 16 heavy (non-hydrogen) atoms. The van der Waals surface area contributed by atoms with Crippen LogP contribution in [0.3, 0.4) is 0 Å². The lowest BCUT2D eigenvalue weighted by molar-refractivity contribution is 0.395. The minimum atomic E-state index is -0.0595. The molecule has 2 rings (SSSR count). The zero-order valence-corrected chi connectivity index (χ0v) is 10.3. The normalized spacial score (nSPS) is 18.5. The van der Waals surface area contributed by atoms with Crippen LogP contribution in [-0.4, -0.2) is 12.1 Å². The van der Waals surface area contributed by atoms with Gasteiger partial charge in [0.2, 0.25) is 0 Å². The molecule has 1 fully saturated rings. The lowest BCUT2D eigenvalue weighted by Crippen LogP contribution is -2.41. The van der Waals surface area contributed by atoms with Crippen LogP contribution in [0.4, 0.5) is 4.39 Å². The molecule has 0 saturated heterocycles. The minimum Gasteiger partial charge on any atom is -0.311 e. The van der Waals surface area contributed by atoms with E-state index in [0.717, 1.165) is 24.9 Å². The van der Waals surface area contributed by atoms with E-state index in [9.17, 15) is 4.39 Å². The average Bonchev–Trinajstić information content (AvgIpc) is 2.96. The maximum absolute atomic E-state index is 13.7. The highest BCUT2D eigenvalue weighted by Gasteiger charge is 2.45. The molecular formula is C14H20FN. The lowest BCUT2D eigenvalue weighted by Gasteiger charge is -2.25. The average molecular weight is 221 g/mol. The SMILES string of the molecule is CC(C)(C)NCC1(c2ccccc2F)CC1. The van der Waals surface area contributed by atoms with E-state index in [1.807, 2.05) is 12.1 Å². The predicted octanol–water partition coefficient (Wildman–Crippen LogP) is 3.25. The third kappa shape index (κ3) is 2.43. The number of hydrogen-bond donors (Lipinski definition) is 1. The molecule has 0 atom stereocenters. The molecule has 1 aliphatic carbocycles. The summed E-state index contributed by atoms with van der Waals surface area (Å²) in [5.74, 6) is -0.0595. The van der Waals surface area contributed by atoms with Gasteiger partial charge in [-0.15, -0.1) is 0 Å². The first-order valence-corrected chi connectivity index (χ1v) is 5.93. The van der Waals surface area contributed by atoms with Crippen LogP contribution in [-0.2, 0) is 5.41 Å². The minimum absolute atomic E-state index is 0.0542. The highest BCUT2D eigenvalue weighted by atomic mass is 19.1. The van der Waals surface area contributed by atoms with Crippen molar-refractivity contribution in [3.8, 4) is 0 Å². The molecule has 1 aliphatic rings. The van der Waals surface area contributed by atoms with Gasteiger partial charge in [0.25, 0.3) is 0 Å². The van der Waals surface area contributed by atoms with Crippen molar-refractivity contribution < 1.29 is 4.39 Å². The van der Waals surface area contributed by atoms with Gasteiger partial charge in [-0.1, -0.05) is 18.2 Å². The monoisotopic (exact) mass is 221 g/mol. The molecule has 1 saturated carbocycles. The first-order valence-electron chi connectivity index (χ1n) is 5.93. The Morgan fingerprint density at radius 2 is 1.88 bits per heavy atom. The summed E-state index contributed by atoms with van der Waals surface area (Å²) in [5, 5.41) is 3.48. The van der Waals surface area contributed by atoms with Gasteiger partial charge in [0.1, 0.15) is 5.82 Å². The second-order valence-electron chi connectivity index (χ2n) is 5.86. The van der Waals surface area contributed by atoms with E-state index in [4.69, 9.17) is 0 Å². The molecular weight excluding hydrogens is 201 g/mol. The maximum atomic E-state index is 13.7. The highest BCUT2D eigenvalue weighted by molar-refractivity contribution is 5.33. The molecule has 1 nitrogen and oxygen atoms in total. The Hall–Kier alpha value is -0.890. The fourth-order valence-electron chi connectivity index (χ4n) is 2.02. The fraction of sp³-hybridized carbons (Fsp3) is 0.571. The molecule has 0 spiro atoms. The number of hydrogen-bond acceptors (Lipinski definition) is 1. The lowest BCUT2D eigenvalue weighted by atomic mass is 9.94. The third-order valence-electron chi connectivity index (χ3n) is 3.26. The number of halogens is 1. The van der Waals surface area contributed by atoms with Gasteiger partial charge in [-0.2, -0.15) is 0 Å². The van der Waals surface area contributed by atoms with Gasteiger partial charge in [0.05, 0.1) is 0 Å². The Balaban J connectivity index is 2.12. The zero-order valence-electron chi connectivity index (χ0n) is 10.3. The standard InChI is InChI=1S/C14H20FN/c1-13(2,3)16-10-14(8-9-14)11-6-4-5-7-12(11)15/h4-7,16H,8-10H2,1-3H3. The summed E-state index contributed by atoms with van der Waals surface area (Å²) in [4.78, 5) is 0. The van der Waals surface area contributed by atoms with E-state index in [0.29, 0.717) is 0 Å². The van der Waals surface area contributed by atoms with Gasteiger partial charge in [-0.25, -0.2) is 4.39 Å². The molecule has 0 radical (unpaired) electrons. The molecule has 2 heteroatoms. The molecule has 1 aromatic rings. The summed E-state index contributed by atoms with van der Waals surface area (Å²) in [6.45, 7) is 7.30. The summed E-state index contributed by atoms with van der Waals surface area (Å²) < 4.78 is 13.7. The summed E-state index contributed by atoms with van der Waals surface area (Å²) in [5.41, 5.74) is 1.03. The molecule has 0 unspecified atom stereocenters. The van der Waals surface area contributed by atoms with Gasteiger partial charge >= 0.3 is 0 Å². The van der Waals surface area contributed by atoms with Gasteiger partial charge < -0.3 is 5.32 Å². The molecule has 0 bridgehead atoms. The van der Waals surface area contributed by atoms with E-state index in [2.05, 4.69) is 26.1 Å². The topological polar surface area (TPSA) is 12.0 Å². The Labute approximate surface area is 97.1 Å². The van der Waals surface area contributed by atoms with Crippen molar-refractivity contribution in [2.75, 3.05) is 6.54 Å². The van der Waals surface area contributed by atoms with Crippen LogP contribution in [0.25, 0.3) is 0 Å². The second-order valence-corrected chi connectivity index (χ2v) is 5.86. The predicted molar refractivity (Wildman–Crippen MR) is 65.1 cm³/mol. The van der Waals surface area contributed by atoms with Crippen molar-refractivity contribution in [3.05, 3.63) is 35.6 Å². The Bertz CT molecular complexity index is 375. The van der Waals surface area contributed by atoms with Crippen LogP contribution in [0.1, 0.15) is 39.2 Å². The van der Waals surface area contributed by atoms with E-state index in [-0.39, 0.29) is 16.8 Å². The molecule has 0 heterocycles. The number of benzene rings is 1. The van der Waals surface area contributed by atoms with Crippen molar-refractivity contribution in [2.24, 2.45) is 0 Å². The fourth-order valence-corrected chi connectivity index (χ4v) is 2.02. The van der Waals surface area contributed by atoms with Crippen molar-refractivity contribution in [1.29, 1.82) is 0 Å². The van der Waals surface area contributed by atoms with Crippen molar-refractivity contribution in [1.82, 2.24) is 5.32 Å². The Morgan fingerprint density at radius 1 is 1.25 bits per heavy atom. The van der Waals surface area contributed by atoms with Gasteiger partial charge in [0, 0.05) is 17.5 Å². The maximum Gasteiger partial charge on any atom is 0.127 e. The zero-order chi connectivity index (χ0) is 11.8. The molecule has 0 amide bonds. The van der Waals surface area contributed by atoms with Gasteiger partial charge in [-0.3, -0.25) is 0 Å². The van der Waals surface area contributed by atoms with Crippen LogP contribution in [0.15, 0.2) is 24.3 Å². The largest absolute Gasteiger partial charge is 0.311 e. The molecule has 88 valence electrons. The summed E-state index contributed by atoms with van der Waals surface area (Å²) >= 11 is 0. The number of nitrogens with one attached hydrogen (secondary N) is 1.